The van der Waals surface area contributed by atoms with Crippen molar-refractivity contribution in [2.24, 2.45) is 0 Å². The highest BCUT2D eigenvalue weighted by atomic mass is 32.2. The molecule has 5 aromatic carbocycles. The fourth-order valence-electron chi connectivity index (χ4n) is 10.6. The van der Waals surface area contributed by atoms with Crippen LogP contribution in [0.5, 0.6) is 23.0 Å². The number of rotatable bonds is 22. The summed E-state index contributed by atoms with van der Waals surface area (Å²) in [6.07, 6.45) is 1.80. The van der Waals surface area contributed by atoms with Gasteiger partial charge in [0.25, 0.3) is 21.9 Å². The Morgan fingerprint density at radius 2 is 1.27 bits per heavy atom. The monoisotopic (exact) mass is 1080 g/mol. The van der Waals surface area contributed by atoms with Crippen LogP contribution in [0.3, 0.4) is 0 Å². The smallest absolute Gasteiger partial charge is 0.266 e. The number of nitrogens with one attached hydrogen (secondary N) is 4. The molecule has 5 aromatic rings. The number of ketones is 2. The fourth-order valence-corrected chi connectivity index (χ4v) is 11.3. The Balaban J connectivity index is 0.937. The van der Waals surface area contributed by atoms with Crippen molar-refractivity contribution in [1.29, 1.82) is 0 Å². The number of para-hydroxylation sites is 2. The number of carbonyl (C=O) groups excluding carboxylic acids is 7. The summed E-state index contributed by atoms with van der Waals surface area (Å²) in [5, 5.41) is 10.7. The molecule has 20 nitrogen and oxygen atoms in total. The van der Waals surface area contributed by atoms with Gasteiger partial charge in [-0.25, -0.2) is 0 Å². The van der Waals surface area contributed by atoms with Gasteiger partial charge in [0.1, 0.15) is 13.2 Å². The molecular weight excluding hydrogens is 1020 g/mol. The number of fused-ring (bicyclic) bond motifs is 8. The van der Waals surface area contributed by atoms with E-state index in [0.29, 0.717) is 46.7 Å². The molecule has 0 aliphatic carbocycles. The molecule has 9 rings (SSSR count). The summed E-state index contributed by atoms with van der Waals surface area (Å²) in [5.74, 6) is -2.16. The molecule has 0 aromatic heterocycles. The summed E-state index contributed by atoms with van der Waals surface area (Å²) < 4.78 is 59.2. The van der Waals surface area contributed by atoms with Gasteiger partial charge in [0, 0.05) is 80.3 Å². The normalized spacial score (nSPS) is 16.8. The van der Waals surface area contributed by atoms with E-state index in [9.17, 15) is 46.5 Å². The second-order valence-corrected chi connectivity index (χ2v) is 21.1. The minimum Gasteiger partial charge on any atom is -0.493 e. The molecule has 0 spiro atoms. The van der Waals surface area contributed by atoms with E-state index < -0.39 is 57.2 Å². The van der Waals surface area contributed by atoms with Gasteiger partial charge >= 0.3 is 0 Å². The van der Waals surface area contributed by atoms with Gasteiger partial charge in [-0.1, -0.05) is 36.4 Å². The van der Waals surface area contributed by atoms with E-state index in [-0.39, 0.29) is 105 Å². The lowest BCUT2D eigenvalue weighted by molar-refractivity contribution is -0.127. The van der Waals surface area contributed by atoms with Gasteiger partial charge in [-0.2, -0.15) is 8.42 Å². The van der Waals surface area contributed by atoms with Gasteiger partial charge in [-0.3, -0.25) is 38.1 Å². The summed E-state index contributed by atoms with van der Waals surface area (Å²) in [5.41, 5.74) is 6.51. The number of carbonyl (C=O) groups is 7. The van der Waals surface area contributed by atoms with Crippen molar-refractivity contribution < 1.29 is 65.5 Å². The van der Waals surface area contributed by atoms with Gasteiger partial charge in [0.2, 0.25) is 17.7 Å². The summed E-state index contributed by atoms with van der Waals surface area (Å²) in [4.78, 5) is 94.9. The first-order chi connectivity index (χ1) is 37.5. The van der Waals surface area contributed by atoms with Crippen LogP contribution in [0, 0.1) is 0 Å². The number of ether oxygens (including phenoxy) is 4. The minimum atomic E-state index is -4.52. The minimum absolute atomic E-state index is 0.00744. The molecule has 4 aliphatic heterocycles. The molecule has 0 bridgehead atoms. The maximum Gasteiger partial charge on any atom is 0.266 e. The lowest BCUT2D eigenvalue weighted by Gasteiger charge is -2.29. The van der Waals surface area contributed by atoms with E-state index in [1.54, 1.807) is 41.3 Å². The number of hydrogen-bond donors (Lipinski definition) is 5. The largest absolute Gasteiger partial charge is 0.493 e. The van der Waals surface area contributed by atoms with E-state index in [2.05, 4.69) is 21.3 Å². The lowest BCUT2D eigenvalue weighted by Crippen LogP contribution is -2.48. The number of anilines is 3. The Morgan fingerprint density at radius 1 is 0.667 bits per heavy atom. The average molecular weight is 1090 g/mol. The number of benzene rings is 5. The van der Waals surface area contributed by atoms with Crippen LogP contribution in [0.1, 0.15) is 97.4 Å². The van der Waals surface area contributed by atoms with Crippen molar-refractivity contribution >= 4 is 68.3 Å². The van der Waals surface area contributed by atoms with Crippen molar-refractivity contribution in [2.45, 2.75) is 89.1 Å². The van der Waals surface area contributed by atoms with Crippen molar-refractivity contribution in [3.8, 4) is 23.0 Å². The predicted molar refractivity (Wildman–Crippen MR) is 287 cm³/mol. The second-order valence-electron chi connectivity index (χ2n) is 19.6. The molecule has 0 radical (unpaired) electrons. The lowest BCUT2D eigenvalue weighted by atomic mass is 9.99. The highest BCUT2D eigenvalue weighted by Gasteiger charge is 2.44. The number of nitrogens with zero attached hydrogens (tertiary/aromatic N) is 2. The van der Waals surface area contributed by atoms with Gasteiger partial charge in [-0.15, -0.1) is 0 Å². The second kappa shape index (κ2) is 23.5. The van der Waals surface area contributed by atoms with E-state index in [4.69, 9.17) is 18.9 Å². The molecule has 0 fully saturated rings. The van der Waals surface area contributed by atoms with Gasteiger partial charge < -0.3 is 50.0 Å². The maximum absolute atomic E-state index is 14.4. The molecule has 408 valence electrons. The fraction of sp³-hybridized carbons (Fsp3) is 0.351. The summed E-state index contributed by atoms with van der Waals surface area (Å²) in [7, 11) is -0.134. The van der Waals surface area contributed by atoms with Crippen molar-refractivity contribution in [3.63, 3.8) is 0 Å². The molecule has 78 heavy (non-hydrogen) atoms. The molecule has 3 atom stereocenters. The summed E-state index contributed by atoms with van der Waals surface area (Å²) in [6.45, 7) is -0.454. The van der Waals surface area contributed by atoms with Gasteiger partial charge in [0.15, 0.2) is 34.6 Å². The summed E-state index contributed by atoms with van der Waals surface area (Å²) in [6, 6.07) is 25.2. The van der Waals surface area contributed by atoms with Crippen LogP contribution in [-0.4, -0.2) is 112 Å². The number of aryl methyl sites for hydroxylation is 1. The van der Waals surface area contributed by atoms with E-state index >= 15 is 0 Å². The molecule has 4 aliphatic rings. The molecule has 21 heteroatoms. The maximum atomic E-state index is 14.4. The van der Waals surface area contributed by atoms with Crippen LogP contribution in [0.15, 0.2) is 91.0 Å². The first-order valence-corrected chi connectivity index (χ1v) is 27.3. The van der Waals surface area contributed by atoms with Gasteiger partial charge in [0.05, 0.1) is 49.9 Å². The van der Waals surface area contributed by atoms with Crippen molar-refractivity contribution in [2.75, 3.05) is 55.2 Å². The Labute approximate surface area is 450 Å². The van der Waals surface area contributed by atoms with Crippen molar-refractivity contribution in [1.82, 2.24) is 16.0 Å². The highest BCUT2D eigenvalue weighted by molar-refractivity contribution is 7.85. The Morgan fingerprint density at radius 3 is 1.94 bits per heavy atom. The topological polar surface area (TPSA) is 265 Å². The van der Waals surface area contributed by atoms with Crippen LogP contribution in [-0.2, 0) is 61.8 Å². The zero-order valence-corrected chi connectivity index (χ0v) is 44.2. The van der Waals surface area contributed by atoms with Crippen LogP contribution in [0.25, 0.3) is 0 Å². The van der Waals surface area contributed by atoms with E-state index in [0.717, 1.165) is 35.2 Å². The zero-order chi connectivity index (χ0) is 55.3. The molecular formula is C57H60N6O14S. The first-order valence-electron chi connectivity index (χ1n) is 25.7. The number of amides is 5. The Bertz CT molecular complexity index is 3330. The number of methoxy groups -OCH3 is 2. The van der Waals surface area contributed by atoms with Gasteiger partial charge in [-0.05, 0) is 102 Å². The third-order valence-corrected chi connectivity index (χ3v) is 15.2. The van der Waals surface area contributed by atoms with E-state index in [1.807, 2.05) is 47.4 Å². The highest BCUT2D eigenvalue weighted by Crippen LogP contribution is 2.44. The molecule has 1 unspecified atom stereocenters. The quantitative estimate of drug-likeness (QED) is 0.0434. The summed E-state index contributed by atoms with van der Waals surface area (Å²) >= 11 is 0. The van der Waals surface area contributed by atoms with Crippen LogP contribution < -0.4 is 50.0 Å². The van der Waals surface area contributed by atoms with Crippen LogP contribution >= 0.6 is 0 Å². The standard InChI is InChI=1S/C57H60N6O14S/c1-58-53(66)18-19-59-54(67)16-14-40(64)29-60-55(68)17-15-48(65)38-21-33(30-76-51-25-35-12-13-39-23-36-8-4-6-10-45(36)62(39)56(69)41(35)26-49(51)74-2)20-34(22-38)31-77-52-28-43-42(27-50(52)75-3)57(70)63-46-11-7-5-9-37(46)24-47(63)44(61-43)32-78(71,72)73/h4-11,20-22,25-28,39,44,47,61H,12-19,23-24,29-32H2,1-3H3,(H,58,66)(H,59,67)(H,60,68)(H,71,72,73)/t39-,44?,47+/m1/s1. The third kappa shape index (κ3) is 12.3. The predicted octanol–water partition coefficient (Wildman–Crippen LogP) is 5.31. The molecule has 4 heterocycles. The molecule has 5 amide bonds. The molecule has 0 saturated heterocycles. The first kappa shape index (κ1) is 54.5. The molecule has 0 saturated carbocycles. The van der Waals surface area contributed by atoms with Crippen molar-refractivity contribution in [3.05, 3.63) is 136 Å². The number of Topliss-reactive ketones (excluding diaryl/α,β-unsaturated/α-hetero) is 2. The van der Waals surface area contributed by atoms with Crippen LogP contribution in [0.4, 0.5) is 17.1 Å². The zero-order valence-electron chi connectivity index (χ0n) is 43.3. The molecule has 5 N–H and O–H groups in total. The van der Waals surface area contributed by atoms with Crippen LogP contribution in [0.2, 0.25) is 0 Å². The SMILES string of the molecule is CNC(=O)CCNC(=O)CCC(=O)CNC(=O)CCC(=O)c1cc(COc2cc3c(cc2OC)C(=O)N2c4ccccc4C[C@H]2CC3)cc(COc2cc3c(cc2OC)C(=O)N2c4ccccc4C[C@H]2C(CS(=O)(=O)O)N3)c1. The number of hydrogen-bond acceptors (Lipinski definition) is 14. The average Bonchev–Trinajstić information content (AvgIpc) is 4.12. The van der Waals surface area contributed by atoms with E-state index in [1.165, 1.54) is 33.4 Å². The third-order valence-electron chi connectivity index (χ3n) is 14.4. The Hall–Kier alpha value is -8.30. The Kier molecular flexibility index (Phi) is 16.4.